The molecule has 0 heterocycles. The molecule has 0 fully saturated rings. The third-order valence-electron chi connectivity index (χ3n) is 4.86. The molecular weight excluding hydrogens is 408 g/mol. The molecule has 6 heteroatoms. The van der Waals surface area contributed by atoms with Crippen LogP contribution >= 0.6 is 0 Å². The van der Waals surface area contributed by atoms with E-state index in [2.05, 4.69) is 0 Å². The monoisotopic (exact) mass is 436 g/mol. The van der Waals surface area contributed by atoms with Gasteiger partial charge in [-0.05, 0) is 61.4 Å². The SMILES string of the molecule is CO[C@@H](Cc1ccccc1O[C@@H](C)COc1ccc(Oc2ccccc2)cc1C)C(=O)O. The maximum absolute atomic E-state index is 11.3. The number of methoxy groups -OCH3 is 1. The van der Waals surface area contributed by atoms with Gasteiger partial charge in [-0.25, -0.2) is 4.79 Å². The number of carbonyl (C=O) groups is 1. The predicted molar refractivity (Wildman–Crippen MR) is 122 cm³/mol. The molecule has 3 aromatic carbocycles. The number of ether oxygens (including phenoxy) is 4. The van der Waals surface area contributed by atoms with Gasteiger partial charge in [0.25, 0.3) is 0 Å². The van der Waals surface area contributed by atoms with Gasteiger partial charge >= 0.3 is 5.97 Å². The number of aryl methyl sites for hydroxylation is 1. The number of hydrogen-bond acceptors (Lipinski definition) is 5. The second-order valence-corrected chi connectivity index (χ2v) is 7.46. The number of carboxylic acid groups (broad SMARTS) is 1. The maximum Gasteiger partial charge on any atom is 0.333 e. The van der Waals surface area contributed by atoms with Crippen LogP contribution in [0.15, 0.2) is 72.8 Å². The minimum atomic E-state index is -1.01. The Kier molecular flexibility index (Phi) is 8.11. The van der Waals surface area contributed by atoms with Gasteiger partial charge in [0.05, 0.1) is 0 Å². The van der Waals surface area contributed by atoms with Gasteiger partial charge in [0.15, 0.2) is 6.10 Å². The van der Waals surface area contributed by atoms with Crippen molar-refractivity contribution in [2.24, 2.45) is 0 Å². The van der Waals surface area contributed by atoms with E-state index in [1.807, 2.05) is 86.6 Å². The average molecular weight is 437 g/mol. The van der Waals surface area contributed by atoms with Crippen molar-refractivity contribution in [2.75, 3.05) is 13.7 Å². The van der Waals surface area contributed by atoms with Crippen molar-refractivity contribution in [3.8, 4) is 23.0 Å². The zero-order valence-corrected chi connectivity index (χ0v) is 18.5. The zero-order chi connectivity index (χ0) is 22.9. The summed E-state index contributed by atoms with van der Waals surface area (Å²) >= 11 is 0. The smallest absolute Gasteiger partial charge is 0.333 e. The highest BCUT2D eigenvalue weighted by atomic mass is 16.5. The molecular formula is C26H28O6. The van der Waals surface area contributed by atoms with Crippen molar-refractivity contribution in [3.05, 3.63) is 83.9 Å². The van der Waals surface area contributed by atoms with Crippen molar-refractivity contribution < 1.29 is 28.8 Å². The molecule has 168 valence electrons. The molecule has 2 atom stereocenters. The van der Waals surface area contributed by atoms with E-state index in [4.69, 9.17) is 18.9 Å². The van der Waals surface area contributed by atoms with E-state index in [1.54, 1.807) is 0 Å². The molecule has 0 amide bonds. The van der Waals surface area contributed by atoms with Gasteiger partial charge in [0.1, 0.15) is 35.7 Å². The first-order chi connectivity index (χ1) is 15.5. The average Bonchev–Trinajstić information content (AvgIpc) is 2.78. The van der Waals surface area contributed by atoms with E-state index >= 15 is 0 Å². The Labute approximate surface area is 188 Å². The third kappa shape index (κ3) is 6.49. The van der Waals surface area contributed by atoms with Gasteiger partial charge in [-0.1, -0.05) is 36.4 Å². The number of benzene rings is 3. The summed E-state index contributed by atoms with van der Waals surface area (Å²) in [5.41, 5.74) is 1.72. The molecule has 0 saturated carbocycles. The van der Waals surface area contributed by atoms with E-state index in [-0.39, 0.29) is 12.5 Å². The molecule has 0 spiro atoms. The highest BCUT2D eigenvalue weighted by molar-refractivity contribution is 5.72. The van der Waals surface area contributed by atoms with Crippen LogP contribution in [0.25, 0.3) is 0 Å². The number of aliphatic carboxylic acids is 1. The minimum absolute atomic E-state index is 0.220. The molecule has 0 saturated heterocycles. The topological polar surface area (TPSA) is 74.2 Å². The van der Waals surface area contributed by atoms with Crippen LogP contribution in [0.1, 0.15) is 18.1 Å². The van der Waals surface area contributed by atoms with Gasteiger partial charge in [-0.3, -0.25) is 0 Å². The van der Waals surface area contributed by atoms with Gasteiger partial charge in [0.2, 0.25) is 0 Å². The lowest BCUT2D eigenvalue weighted by molar-refractivity contribution is -0.148. The van der Waals surface area contributed by atoms with Gasteiger partial charge < -0.3 is 24.1 Å². The molecule has 0 aliphatic carbocycles. The Balaban J connectivity index is 1.58. The van der Waals surface area contributed by atoms with E-state index < -0.39 is 12.1 Å². The maximum atomic E-state index is 11.3. The first-order valence-electron chi connectivity index (χ1n) is 10.4. The van der Waals surface area contributed by atoms with Crippen molar-refractivity contribution in [1.82, 2.24) is 0 Å². The number of hydrogen-bond donors (Lipinski definition) is 1. The lowest BCUT2D eigenvalue weighted by Gasteiger charge is -2.20. The second kappa shape index (κ2) is 11.2. The summed E-state index contributed by atoms with van der Waals surface area (Å²) in [6, 6.07) is 22.6. The summed E-state index contributed by atoms with van der Waals surface area (Å²) in [6.45, 7) is 4.20. The van der Waals surface area contributed by atoms with Crippen LogP contribution < -0.4 is 14.2 Å². The van der Waals surface area contributed by atoms with E-state index in [1.165, 1.54) is 7.11 Å². The van der Waals surface area contributed by atoms with E-state index in [9.17, 15) is 9.90 Å². The Morgan fingerprint density at radius 3 is 2.34 bits per heavy atom. The van der Waals surface area contributed by atoms with Crippen LogP contribution in [0, 0.1) is 6.92 Å². The van der Waals surface area contributed by atoms with Crippen LogP contribution in [0.2, 0.25) is 0 Å². The Morgan fingerprint density at radius 2 is 1.66 bits per heavy atom. The van der Waals surface area contributed by atoms with Crippen molar-refractivity contribution in [1.29, 1.82) is 0 Å². The Hall–Kier alpha value is -3.51. The minimum Gasteiger partial charge on any atom is -0.489 e. The lowest BCUT2D eigenvalue weighted by atomic mass is 10.1. The number of para-hydroxylation sites is 2. The summed E-state index contributed by atoms with van der Waals surface area (Å²) in [5.74, 6) is 1.88. The van der Waals surface area contributed by atoms with E-state index in [0.717, 1.165) is 28.4 Å². The molecule has 0 radical (unpaired) electrons. The van der Waals surface area contributed by atoms with E-state index in [0.29, 0.717) is 12.4 Å². The Bertz CT molecular complexity index is 1020. The molecule has 0 bridgehead atoms. The summed E-state index contributed by atoms with van der Waals surface area (Å²) in [4.78, 5) is 11.3. The fourth-order valence-corrected chi connectivity index (χ4v) is 3.19. The number of rotatable bonds is 11. The summed E-state index contributed by atoms with van der Waals surface area (Å²) < 4.78 is 22.9. The third-order valence-corrected chi connectivity index (χ3v) is 4.86. The van der Waals surface area contributed by atoms with Gasteiger partial charge in [0, 0.05) is 13.5 Å². The first-order valence-corrected chi connectivity index (χ1v) is 10.4. The summed E-state index contributed by atoms with van der Waals surface area (Å²) in [7, 11) is 1.39. The molecule has 3 aromatic rings. The van der Waals surface area contributed by atoms with Crippen LogP contribution in [-0.2, 0) is 16.0 Å². The Morgan fingerprint density at radius 1 is 0.938 bits per heavy atom. The molecule has 0 aliphatic rings. The molecule has 0 unspecified atom stereocenters. The standard InChI is InChI=1S/C26H28O6/c1-18-15-22(32-21-10-5-4-6-11-21)13-14-23(18)30-17-19(2)31-24-12-8-7-9-20(24)16-25(29-3)26(27)28/h4-15,19,25H,16-17H2,1-3H3,(H,27,28)/t19-,25-/m0/s1. The summed E-state index contributed by atoms with van der Waals surface area (Å²) in [5, 5.41) is 9.25. The molecule has 0 aliphatic heterocycles. The number of carboxylic acids is 1. The zero-order valence-electron chi connectivity index (χ0n) is 18.5. The normalized spacial score (nSPS) is 12.6. The second-order valence-electron chi connectivity index (χ2n) is 7.46. The molecule has 1 N–H and O–H groups in total. The van der Waals surface area contributed by atoms with Crippen molar-refractivity contribution >= 4 is 5.97 Å². The van der Waals surface area contributed by atoms with Crippen LogP contribution in [0.3, 0.4) is 0 Å². The fourth-order valence-electron chi connectivity index (χ4n) is 3.19. The lowest BCUT2D eigenvalue weighted by Crippen LogP contribution is -2.26. The molecule has 6 nitrogen and oxygen atoms in total. The fraction of sp³-hybridized carbons (Fsp3) is 0.269. The van der Waals surface area contributed by atoms with Crippen LogP contribution in [0.4, 0.5) is 0 Å². The van der Waals surface area contributed by atoms with Crippen LogP contribution in [0.5, 0.6) is 23.0 Å². The molecule has 0 aromatic heterocycles. The quantitative estimate of drug-likeness (QED) is 0.441. The molecule has 32 heavy (non-hydrogen) atoms. The van der Waals surface area contributed by atoms with Crippen molar-refractivity contribution in [2.45, 2.75) is 32.5 Å². The first kappa shape index (κ1) is 23.2. The van der Waals surface area contributed by atoms with Gasteiger partial charge in [-0.15, -0.1) is 0 Å². The summed E-state index contributed by atoms with van der Waals surface area (Å²) in [6.07, 6.45) is -0.954. The van der Waals surface area contributed by atoms with Crippen LogP contribution in [-0.4, -0.2) is 37.0 Å². The highest BCUT2D eigenvalue weighted by Gasteiger charge is 2.20. The largest absolute Gasteiger partial charge is 0.489 e. The predicted octanol–water partition coefficient (Wildman–Crippen LogP) is 5.28. The highest BCUT2D eigenvalue weighted by Crippen LogP contribution is 2.28. The molecule has 3 rings (SSSR count). The van der Waals surface area contributed by atoms with Gasteiger partial charge in [-0.2, -0.15) is 0 Å². The van der Waals surface area contributed by atoms with Crippen molar-refractivity contribution in [3.63, 3.8) is 0 Å².